The highest BCUT2D eigenvalue weighted by Gasteiger charge is 2.44. The lowest BCUT2D eigenvalue weighted by Gasteiger charge is -2.23. The number of urea groups is 1. The zero-order valence-corrected chi connectivity index (χ0v) is 10.7. The van der Waals surface area contributed by atoms with Crippen LogP contribution in [0, 0.1) is 13.8 Å². The van der Waals surface area contributed by atoms with Gasteiger partial charge in [-0.3, -0.25) is 5.10 Å². The van der Waals surface area contributed by atoms with Gasteiger partial charge < -0.3 is 20.5 Å². The van der Waals surface area contributed by atoms with Gasteiger partial charge in [-0.15, -0.1) is 0 Å². The van der Waals surface area contributed by atoms with Crippen molar-refractivity contribution in [3.8, 4) is 0 Å². The van der Waals surface area contributed by atoms with Gasteiger partial charge in [0.05, 0.1) is 23.7 Å². The maximum Gasteiger partial charge on any atom is 0.332 e. The van der Waals surface area contributed by atoms with E-state index >= 15 is 0 Å². The lowest BCUT2D eigenvalue weighted by molar-refractivity contribution is -0.144. The van der Waals surface area contributed by atoms with Crippen LogP contribution >= 0.6 is 0 Å². The van der Waals surface area contributed by atoms with Crippen LogP contribution in [0.3, 0.4) is 0 Å². The molecule has 0 aromatic carbocycles. The first kappa shape index (κ1) is 13.3. The molecule has 1 saturated heterocycles. The minimum Gasteiger partial charge on any atom is -0.479 e. The van der Waals surface area contributed by atoms with Crippen LogP contribution < -0.4 is 10.6 Å². The highest BCUT2D eigenvalue weighted by Crippen LogP contribution is 2.20. The number of rotatable bonds is 3. The molecule has 1 fully saturated rings. The summed E-state index contributed by atoms with van der Waals surface area (Å²) in [6.45, 7) is 3.79. The standard InChI is InChI=1S/C11H16N4O4/c1-6-8(7(2)15-14-6)12-10(18)13-11(9(16)17)3-4-19-5-11/h3-5H2,1-2H3,(H,14,15)(H,16,17)(H2,12,13,18). The van der Waals surface area contributed by atoms with Gasteiger partial charge >= 0.3 is 12.0 Å². The number of carboxylic acids is 1. The number of aryl methyl sites for hydroxylation is 2. The number of aliphatic carboxylic acids is 1. The molecule has 1 atom stereocenters. The Morgan fingerprint density at radius 3 is 2.68 bits per heavy atom. The molecule has 104 valence electrons. The number of carbonyl (C=O) groups is 2. The van der Waals surface area contributed by atoms with E-state index in [1.54, 1.807) is 13.8 Å². The van der Waals surface area contributed by atoms with Gasteiger partial charge in [-0.2, -0.15) is 5.10 Å². The van der Waals surface area contributed by atoms with Gasteiger partial charge in [0.25, 0.3) is 0 Å². The number of H-pyrrole nitrogens is 1. The van der Waals surface area contributed by atoms with Crippen molar-refractivity contribution in [1.29, 1.82) is 0 Å². The summed E-state index contributed by atoms with van der Waals surface area (Å²) in [5.41, 5.74) is 0.548. The summed E-state index contributed by atoms with van der Waals surface area (Å²) in [7, 11) is 0. The van der Waals surface area contributed by atoms with Crippen LogP contribution in [-0.4, -0.2) is 46.1 Å². The Labute approximate surface area is 109 Å². The van der Waals surface area contributed by atoms with Crippen molar-refractivity contribution < 1.29 is 19.4 Å². The lowest BCUT2D eigenvalue weighted by Crippen LogP contribution is -2.56. The SMILES string of the molecule is Cc1n[nH]c(C)c1NC(=O)NC1(C(=O)O)CCOC1. The van der Waals surface area contributed by atoms with Crippen LogP contribution in [0.25, 0.3) is 0 Å². The van der Waals surface area contributed by atoms with Gasteiger partial charge in [-0.05, 0) is 13.8 Å². The number of aromatic nitrogens is 2. The molecule has 1 aromatic rings. The molecule has 1 unspecified atom stereocenters. The van der Waals surface area contributed by atoms with Gasteiger partial charge in [0.15, 0.2) is 5.54 Å². The molecule has 8 heteroatoms. The largest absolute Gasteiger partial charge is 0.479 e. The number of nitrogens with one attached hydrogen (secondary N) is 3. The minimum absolute atomic E-state index is 0.0287. The summed E-state index contributed by atoms with van der Waals surface area (Å²) in [6.07, 6.45) is 0.249. The molecule has 2 rings (SSSR count). The van der Waals surface area contributed by atoms with E-state index in [9.17, 15) is 14.7 Å². The van der Waals surface area contributed by atoms with Crippen molar-refractivity contribution in [2.24, 2.45) is 0 Å². The van der Waals surface area contributed by atoms with Gasteiger partial charge in [-0.25, -0.2) is 9.59 Å². The number of carboxylic acid groups (broad SMARTS) is 1. The smallest absolute Gasteiger partial charge is 0.332 e. The van der Waals surface area contributed by atoms with Crippen LogP contribution in [0.4, 0.5) is 10.5 Å². The number of hydrogen-bond donors (Lipinski definition) is 4. The predicted octanol–water partition coefficient (Wildman–Crippen LogP) is 0.392. The third-order valence-electron chi connectivity index (χ3n) is 3.15. The first-order valence-electron chi connectivity index (χ1n) is 5.86. The number of amides is 2. The average Bonchev–Trinajstić information content (AvgIpc) is 2.92. The Balaban J connectivity index is 2.07. The summed E-state index contributed by atoms with van der Waals surface area (Å²) in [5, 5.41) is 21.0. The van der Waals surface area contributed by atoms with Crippen molar-refractivity contribution in [3.63, 3.8) is 0 Å². The second kappa shape index (κ2) is 4.88. The van der Waals surface area contributed by atoms with Crippen molar-refractivity contribution >= 4 is 17.7 Å². The molecule has 1 aromatic heterocycles. The molecule has 2 amide bonds. The Hall–Kier alpha value is -2.09. The molecule has 8 nitrogen and oxygen atoms in total. The van der Waals surface area contributed by atoms with Crippen molar-refractivity contribution in [2.75, 3.05) is 18.5 Å². The van der Waals surface area contributed by atoms with E-state index in [2.05, 4.69) is 20.8 Å². The number of nitrogens with zero attached hydrogens (tertiary/aromatic N) is 1. The average molecular weight is 268 g/mol. The molecular formula is C11H16N4O4. The second-order valence-electron chi connectivity index (χ2n) is 4.58. The first-order valence-corrected chi connectivity index (χ1v) is 5.86. The Morgan fingerprint density at radius 1 is 1.47 bits per heavy atom. The van der Waals surface area contributed by atoms with Gasteiger partial charge in [0.2, 0.25) is 0 Å². The molecule has 0 spiro atoms. The fourth-order valence-corrected chi connectivity index (χ4v) is 1.98. The molecule has 0 aliphatic carbocycles. The van der Waals surface area contributed by atoms with Crippen molar-refractivity contribution in [3.05, 3.63) is 11.4 Å². The Bertz CT molecular complexity index is 485. The van der Waals surface area contributed by atoms with Crippen LogP contribution in [0.5, 0.6) is 0 Å². The fourth-order valence-electron chi connectivity index (χ4n) is 1.98. The third kappa shape index (κ3) is 2.53. The molecule has 1 aliphatic rings. The predicted molar refractivity (Wildman–Crippen MR) is 66.0 cm³/mol. The number of ether oxygens (including phenoxy) is 1. The van der Waals surface area contributed by atoms with Crippen molar-refractivity contribution in [1.82, 2.24) is 15.5 Å². The molecule has 4 N–H and O–H groups in total. The van der Waals surface area contributed by atoms with Gasteiger partial charge in [0.1, 0.15) is 0 Å². The van der Waals surface area contributed by atoms with Gasteiger partial charge in [-0.1, -0.05) is 0 Å². The van der Waals surface area contributed by atoms with Crippen LogP contribution in [0.15, 0.2) is 0 Å². The highest BCUT2D eigenvalue weighted by molar-refractivity contribution is 5.94. The summed E-state index contributed by atoms with van der Waals surface area (Å²) in [6, 6.07) is -0.583. The minimum atomic E-state index is -1.35. The van der Waals surface area contributed by atoms with E-state index in [-0.39, 0.29) is 13.0 Å². The topological polar surface area (TPSA) is 116 Å². The molecule has 19 heavy (non-hydrogen) atoms. The van der Waals surface area contributed by atoms with E-state index in [1.807, 2.05) is 0 Å². The molecule has 1 aliphatic heterocycles. The quantitative estimate of drug-likeness (QED) is 0.633. The zero-order chi connectivity index (χ0) is 14.0. The van der Waals surface area contributed by atoms with Crippen molar-refractivity contribution in [2.45, 2.75) is 25.8 Å². The fraction of sp³-hybridized carbons (Fsp3) is 0.545. The Morgan fingerprint density at radius 2 is 2.21 bits per heavy atom. The number of aromatic amines is 1. The van der Waals surface area contributed by atoms with Crippen LogP contribution in [-0.2, 0) is 9.53 Å². The van der Waals surface area contributed by atoms with E-state index in [1.165, 1.54) is 0 Å². The van der Waals surface area contributed by atoms with Crippen LogP contribution in [0.2, 0.25) is 0 Å². The monoisotopic (exact) mass is 268 g/mol. The zero-order valence-electron chi connectivity index (χ0n) is 10.7. The number of hydrogen-bond acceptors (Lipinski definition) is 4. The maximum atomic E-state index is 11.9. The molecule has 0 saturated carbocycles. The van der Waals surface area contributed by atoms with Gasteiger partial charge in [0, 0.05) is 13.0 Å². The summed E-state index contributed by atoms with van der Waals surface area (Å²) in [4.78, 5) is 23.2. The highest BCUT2D eigenvalue weighted by atomic mass is 16.5. The van der Waals surface area contributed by atoms with E-state index in [0.29, 0.717) is 23.7 Å². The third-order valence-corrected chi connectivity index (χ3v) is 3.15. The maximum absolute atomic E-state index is 11.9. The Kier molecular flexibility index (Phi) is 3.43. The second-order valence-corrected chi connectivity index (χ2v) is 4.58. The number of carbonyl (C=O) groups excluding carboxylic acids is 1. The van der Waals surface area contributed by atoms with E-state index < -0.39 is 17.5 Å². The lowest BCUT2D eigenvalue weighted by atomic mass is 9.99. The molecule has 0 bridgehead atoms. The summed E-state index contributed by atoms with van der Waals surface area (Å²) >= 11 is 0. The molecule has 2 heterocycles. The molecule has 0 radical (unpaired) electrons. The summed E-state index contributed by atoms with van der Waals surface area (Å²) in [5.74, 6) is -1.10. The summed E-state index contributed by atoms with van der Waals surface area (Å²) < 4.78 is 5.06. The molecular weight excluding hydrogens is 252 g/mol. The first-order chi connectivity index (χ1) is 8.94. The normalized spacial score (nSPS) is 22.2. The number of anilines is 1. The van der Waals surface area contributed by atoms with Crippen LogP contribution in [0.1, 0.15) is 17.8 Å². The van der Waals surface area contributed by atoms with E-state index in [4.69, 9.17) is 4.74 Å². The van der Waals surface area contributed by atoms with E-state index in [0.717, 1.165) is 0 Å².